The Morgan fingerprint density at radius 2 is 1.79 bits per heavy atom. The quantitative estimate of drug-likeness (QED) is 0.757. The van der Waals surface area contributed by atoms with Crippen LogP contribution >= 0.6 is 0 Å². The van der Waals surface area contributed by atoms with Gasteiger partial charge in [-0.25, -0.2) is 0 Å². The van der Waals surface area contributed by atoms with Gasteiger partial charge in [-0.1, -0.05) is 51.1 Å². The van der Waals surface area contributed by atoms with Crippen molar-refractivity contribution in [2.45, 2.75) is 46.0 Å². The van der Waals surface area contributed by atoms with Gasteiger partial charge < -0.3 is 0 Å². The summed E-state index contributed by atoms with van der Waals surface area (Å²) in [6.07, 6.45) is 2.09. The van der Waals surface area contributed by atoms with E-state index in [0.29, 0.717) is 18.8 Å². The monoisotopic (exact) mass is 258 g/mol. The highest BCUT2D eigenvalue weighted by atomic mass is 16.2. The van der Waals surface area contributed by atoms with Gasteiger partial charge in [0, 0.05) is 11.8 Å². The third-order valence-corrected chi connectivity index (χ3v) is 3.97. The van der Waals surface area contributed by atoms with Gasteiger partial charge >= 0.3 is 0 Å². The van der Waals surface area contributed by atoms with Crippen LogP contribution in [0, 0.1) is 11.3 Å². The molecule has 2 rings (SSSR count). The van der Waals surface area contributed by atoms with E-state index in [1.54, 1.807) is 0 Å². The third kappa shape index (κ3) is 3.12. The van der Waals surface area contributed by atoms with Crippen molar-refractivity contribution in [3.05, 3.63) is 35.9 Å². The highest BCUT2D eigenvalue weighted by molar-refractivity contribution is 6.05. The topological polar surface area (TPSA) is 34.1 Å². The van der Waals surface area contributed by atoms with Crippen molar-refractivity contribution in [1.82, 2.24) is 0 Å². The molecule has 0 N–H and O–H groups in total. The molecule has 0 heterocycles. The highest BCUT2D eigenvalue weighted by Crippen LogP contribution is 2.37. The predicted molar refractivity (Wildman–Crippen MR) is 76.0 cm³/mol. The molecule has 0 saturated heterocycles. The van der Waals surface area contributed by atoms with Gasteiger partial charge in [-0.2, -0.15) is 0 Å². The lowest BCUT2D eigenvalue weighted by molar-refractivity contribution is -0.139. The Morgan fingerprint density at radius 1 is 1.16 bits per heavy atom. The average molecular weight is 258 g/mol. The minimum absolute atomic E-state index is 0.0955. The molecule has 0 aromatic heterocycles. The molecule has 2 nitrogen and oxygen atoms in total. The van der Waals surface area contributed by atoms with Crippen molar-refractivity contribution in [2.75, 3.05) is 0 Å². The Morgan fingerprint density at radius 3 is 2.37 bits per heavy atom. The molecule has 1 aliphatic rings. The lowest BCUT2D eigenvalue weighted by Crippen LogP contribution is -2.37. The number of Topliss-reactive ketones (excluding diaryl/α,β-unsaturated/α-hetero) is 2. The number of ketones is 2. The van der Waals surface area contributed by atoms with E-state index in [-0.39, 0.29) is 11.6 Å². The number of carbonyl (C=O) groups is 2. The first kappa shape index (κ1) is 14.0. The zero-order chi connectivity index (χ0) is 14.0. The number of benzene rings is 1. The Balaban J connectivity index is 2.17. The van der Waals surface area contributed by atoms with Crippen LogP contribution in [0.25, 0.3) is 0 Å². The Labute approximate surface area is 115 Å². The Hall–Kier alpha value is -1.44. The molecule has 1 saturated carbocycles. The van der Waals surface area contributed by atoms with E-state index in [0.717, 1.165) is 6.42 Å². The fourth-order valence-corrected chi connectivity index (χ4v) is 2.83. The van der Waals surface area contributed by atoms with Gasteiger partial charge in [0.1, 0.15) is 11.6 Å². The molecular weight excluding hydrogens is 236 g/mol. The summed E-state index contributed by atoms with van der Waals surface area (Å²) in [4.78, 5) is 24.4. The van der Waals surface area contributed by atoms with E-state index < -0.39 is 11.3 Å². The molecule has 0 radical (unpaired) electrons. The minimum Gasteiger partial charge on any atom is -0.299 e. The first-order chi connectivity index (χ1) is 8.89. The van der Waals surface area contributed by atoms with Crippen LogP contribution in [-0.4, -0.2) is 11.6 Å². The molecular formula is C17H22O2. The summed E-state index contributed by atoms with van der Waals surface area (Å²) in [6, 6.07) is 10.2. The van der Waals surface area contributed by atoms with Crippen molar-refractivity contribution < 1.29 is 9.59 Å². The zero-order valence-electron chi connectivity index (χ0n) is 12.0. The molecule has 0 aliphatic heterocycles. The van der Waals surface area contributed by atoms with E-state index in [1.807, 2.05) is 39.0 Å². The van der Waals surface area contributed by atoms with Gasteiger partial charge in [0.15, 0.2) is 0 Å². The molecule has 102 valence electrons. The standard InChI is InChI=1S/C17H22O2/c1-17(2,3)16(19)14-11-13(9-10-15(14)18)12-7-5-4-6-8-12/h4-8,13-14H,9-11H2,1-3H3. The van der Waals surface area contributed by atoms with Gasteiger partial charge in [-0.15, -0.1) is 0 Å². The minimum atomic E-state index is -0.432. The highest BCUT2D eigenvalue weighted by Gasteiger charge is 2.38. The summed E-state index contributed by atoms with van der Waals surface area (Å²) in [5, 5.41) is 0. The number of hydrogen-bond acceptors (Lipinski definition) is 2. The van der Waals surface area contributed by atoms with Crippen molar-refractivity contribution >= 4 is 11.6 Å². The molecule has 0 bridgehead atoms. The first-order valence-electron chi connectivity index (χ1n) is 7.01. The van der Waals surface area contributed by atoms with Crippen molar-refractivity contribution in [3.8, 4) is 0 Å². The van der Waals surface area contributed by atoms with Crippen LogP contribution in [-0.2, 0) is 9.59 Å². The van der Waals surface area contributed by atoms with Crippen molar-refractivity contribution in [1.29, 1.82) is 0 Å². The zero-order valence-corrected chi connectivity index (χ0v) is 12.0. The fourth-order valence-electron chi connectivity index (χ4n) is 2.83. The van der Waals surface area contributed by atoms with Gasteiger partial charge in [-0.05, 0) is 24.3 Å². The molecule has 2 heteroatoms. The van der Waals surface area contributed by atoms with Crippen LogP contribution in [0.3, 0.4) is 0 Å². The average Bonchev–Trinajstić information content (AvgIpc) is 2.38. The molecule has 1 aliphatic carbocycles. The van der Waals surface area contributed by atoms with Crippen LogP contribution in [0.2, 0.25) is 0 Å². The van der Waals surface area contributed by atoms with Gasteiger partial charge in [0.25, 0.3) is 0 Å². The Bertz CT molecular complexity index is 468. The van der Waals surface area contributed by atoms with Crippen LogP contribution in [0.1, 0.15) is 51.5 Å². The van der Waals surface area contributed by atoms with Gasteiger partial charge in [0.2, 0.25) is 0 Å². The van der Waals surface area contributed by atoms with E-state index in [1.165, 1.54) is 5.56 Å². The smallest absolute Gasteiger partial charge is 0.148 e. The van der Waals surface area contributed by atoms with Crippen LogP contribution < -0.4 is 0 Å². The maximum absolute atomic E-state index is 12.4. The summed E-state index contributed by atoms with van der Waals surface area (Å²) in [5.74, 6) is 0.166. The molecule has 1 aromatic rings. The number of carbonyl (C=O) groups excluding carboxylic acids is 2. The van der Waals surface area contributed by atoms with E-state index >= 15 is 0 Å². The molecule has 2 atom stereocenters. The summed E-state index contributed by atoms with van der Waals surface area (Å²) in [5.41, 5.74) is 0.820. The van der Waals surface area contributed by atoms with E-state index in [9.17, 15) is 9.59 Å². The SMILES string of the molecule is CC(C)(C)C(=O)C1CC(c2ccccc2)CCC1=O. The second-order valence-electron chi connectivity index (χ2n) is 6.52. The van der Waals surface area contributed by atoms with Gasteiger partial charge in [-0.3, -0.25) is 9.59 Å². The van der Waals surface area contributed by atoms with Gasteiger partial charge in [0.05, 0.1) is 5.92 Å². The number of rotatable bonds is 2. The van der Waals surface area contributed by atoms with E-state index in [4.69, 9.17) is 0 Å². The summed E-state index contributed by atoms with van der Waals surface area (Å²) < 4.78 is 0. The Kier molecular flexibility index (Phi) is 3.88. The fraction of sp³-hybridized carbons (Fsp3) is 0.529. The van der Waals surface area contributed by atoms with Crippen molar-refractivity contribution in [2.24, 2.45) is 11.3 Å². The predicted octanol–water partition coefficient (Wildman–Crippen LogP) is 3.75. The molecule has 0 spiro atoms. The lowest BCUT2D eigenvalue weighted by atomic mass is 9.71. The van der Waals surface area contributed by atoms with Crippen LogP contribution in [0.5, 0.6) is 0 Å². The maximum Gasteiger partial charge on any atom is 0.148 e. The van der Waals surface area contributed by atoms with Crippen LogP contribution in [0.4, 0.5) is 0 Å². The van der Waals surface area contributed by atoms with Crippen molar-refractivity contribution in [3.63, 3.8) is 0 Å². The summed E-state index contributed by atoms with van der Waals surface area (Å²) in [7, 11) is 0. The second kappa shape index (κ2) is 5.28. The maximum atomic E-state index is 12.4. The molecule has 2 unspecified atom stereocenters. The molecule has 1 fully saturated rings. The summed E-state index contributed by atoms with van der Waals surface area (Å²) in [6.45, 7) is 5.69. The molecule has 0 amide bonds. The van der Waals surface area contributed by atoms with E-state index in [2.05, 4.69) is 12.1 Å². The lowest BCUT2D eigenvalue weighted by Gasteiger charge is -2.31. The molecule has 1 aromatic carbocycles. The molecule has 19 heavy (non-hydrogen) atoms. The third-order valence-electron chi connectivity index (χ3n) is 3.97. The second-order valence-corrected chi connectivity index (χ2v) is 6.52. The summed E-state index contributed by atoms with van der Waals surface area (Å²) >= 11 is 0. The first-order valence-corrected chi connectivity index (χ1v) is 7.01. The van der Waals surface area contributed by atoms with Crippen LogP contribution in [0.15, 0.2) is 30.3 Å². The number of hydrogen-bond donors (Lipinski definition) is 0. The normalized spacial score (nSPS) is 24.3. The largest absolute Gasteiger partial charge is 0.299 e.